The van der Waals surface area contributed by atoms with Crippen LogP contribution in [0.25, 0.3) is 22.8 Å². The van der Waals surface area contributed by atoms with Gasteiger partial charge in [0.05, 0.1) is 5.75 Å². The van der Waals surface area contributed by atoms with Gasteiger partial charge in [-0.05, 0) is 31.2 Å². The second kappa shape index (κ2) is 7.09. The highest BCUT2D eigenvalue weighted by molar-refractivity contribution is 7.98. The molecule has 0 amide bonds. The van der Waals surface area contributed by atoms with Crippen LogP contribution in [0.1, 0.15) is 11.5 Å². The number of hydrogen-bond acceptors (Lipinski definition) is 6. The first kappa shape index (κ1) is 16.5. The summed E-state index contributed by atoms with van der Waals surface area (Å²) in [7, 11) is 0. The normalized spacial score (nSPS) is 11.0. The summed E-state index contributed by atoms with van der Waals surface area (Å²) in [6, 6.07) is 14.0. The molecule has 0 aliphatic heterocycles. The van der Waals surface area contributed by atoms with Crippen LogP contribution in [0.2, 0.25) is 0 Å². The van der Waals surface area contributed by atoms with E-state index in [0.29, 0.717) is 34.0 Å². The Morgan fingerprint density at radius 2 is 1.73 bits per heavy atom. The molecule has 0 saturated heterocycles. The van der Waals surface area contributed by atoms with E-state index < -0.39 is 0 Å². The summed E-state index contributed by atoms with van der Waals surface area (Å²) in [5.41, 5.74) is 2.87. The second-order valence-electron chi connectivity index (χ2n) is 5.64. The van der Waals surface area contributed by atoms with Crippen molar-refractivity contribution in [2.45, 2.75) is 17.8 Å². The molecular weight excluding hydrogens is 353 g/mol. The van der Waals surface area contributed by atoms with Crippen LogP contribution < -0.4 is 0 Å². The summed E-state index contributed by atoms with van der Waals surface area (Å²) in [6.45, 7) is 2.04. The van der Waals surface area contributed by atoms with E-state index in [4.69, 9.17) is 4.52 Å². The summed E-state index contributed by atoms with van der Waals surface area (Å²) in [5.74, 6) is 1.73. The smallest absolute Gasteiger partial charge is 0.237 e. The third-order valence-electron chi connectivity index (χ3n) is 3.69. The van der Waals surface area contributed by atoms with E-state index in [-0.39, 0.29) is 5.82 Å². The molecule has 0 saturated carbocycles. The van der Waals surface area contributed by atoms with Crippen LogP contribution in [0.3, 0.4) is 0 Å². The quantitative estimate of drug-likeness (QED) is 0.531. The van der Waals surface area contributed by atoms with Crippen molar-refractivity contribution in [3.05, 3.63) is 65.8 Å². The Labute approximate surface area is 152 Å². The molecule has 4 rings (SSSR count). The number of thioether (sulfide) groups is 1. The molecule has 0 unspecified atom stereocenters. The van der Waals surface area contributed by atoms with E-state index in [1.807, 2.05) is 31.2 Å². The average Bonchev–Trinajstić information content (AvgIpc) is 3.31. The van der Waals surface area contributed by atoms with Crippen LogP contribution in [0.5, 0.6) is 0 Å². The van der Waals surface area contributed by atoms with Crippen molar-refractivity contribution in [1.29, 1.82) is 0 Å². The van der Waals surface area contributed by atoms with Gasteiger partial charge >= 0.3 is 0 Å². The Balaban J connectivity index is 1.42. The molecule has 0 fully saturated rings. The molecule has 4 aromatic rings. The predicted octanol–water partition coefficient (Wildman–Crippen LogP) is 4.26. The molecule has 2 aromatic carbocycles. The van der Waals surface area contributed by atoms with Crippen LogP contribution >= 0.6 is 11.8 Å². The molecule has 0 radical (unpaired) electrons. The topological polar surface area (TPSA) is 80.5 Å². The molecule has 130 valence electrons. The second-order valence-corrected chi connectivity index (χ2v) is 6.58. The maximum absolute atomic E-state index is 13.0. The Bertz CT molecular complexity index is 927. The highest BCUT2D eigenvalue weighted by Crippen LogP contribution is 2.23. The number of halogens is 1. The third kappa shape index (κ3) is 3.65. The maximum Gasteiger partial charge on any atom is 0.237 e. The van der Waals surface area contributed by atoms with Gasteiger partial charge in [0.25, 0.3) is 0 Å². The fourth-order valence-corrected chi connectivity index (χ4v) is 2.94. The Morgan fingerprint density at radius 3 is 2.50 bits per heavy atom. The first-order valence-electron chi connectivity index (χ1n) is 7.88. The first-order valence-corrected chi connectivity index (χ1v) is 8.87. The van der Waals surface area contributed by atoms with Gasteiger partial charge in [0, 0.05) is 11.1 Å². The van der Waals surface area contributed by atoms with E-state index in [0.717, 1.165) is 5.56 Å². The fourth-order valence-electron chi connectivity index (χ4n) is 2.31. The number of nitrogens with one attached hydrogen (secondary N) is 1. The lowest BCUT2D eigenvalue weighted by Crippen LogP contribution is -1.84. The van der Waals surface area contributed by atoms with Crippen molar-refractivity contribution in [2.75, 3.05) is 0 Å². The van der Waals surface area contributed by atoms with Crippen molar-refractivity contribution in [3.63, 3.8) is 0 Å². The van der Waals surface area contributed by atoms with Crippen LogP contribution in [-0.4, -0.2) is 25.3 Å². The van der Waals surface area contributed by atoms with Crippen molar-refractivity contribution in [3.8, 4) is 22.8 Å². The van der Waals surface area contributed by atoms with Gasteiger partial charge in [0.2, 0.25) is 16.9 Å². The largest absolute Gasteiger partial charge is 0.338 e. The molecular formula is C18H14FN5OS. The van der Waals surface area contributed by atoms with E-state index in [1.54, 1.807) is 12.1 Å². The van der Waals surface area contributed by atoms with E-state index >= 15 is 0 Å². The van der Waals surface area contributed by atoms with Crippen LogP contribution in [0.4, 0.5) is 4.39 Å². The van der Waals surface area contributed by atoms with Crippen molar-refractivity contribution < 1.29 is 8.91 Å². The summed E-state index contributed by atoms with van der Waals surface area (Å²) in [6.07, 6.45) is 0. The summed E-state index contributed by atoms with van der Waals surface area (Å²) >= 11 is 1.39. The van der Waals surface area contributed by atoms with Gasteiger partial charge in [0.1, 0.15) is 5.82 Å². The zero-order valence-electron chi connectivity index (χ0n) is 13.8. The Kier molecular flexibility index (Phi) is 4.49. The standard InChI is InChI=1S/C18H14FN5OS/c1-11-2-4-12(5-3-11)16-21-18(23-22-16)26-10-15-20-17(24-25-15)13-6-8-14(19)9-7-13/h2-9H,10H2,1H3,(H,21,22,23). The van der Waals surface area contributed by atoms with Gasteiger partial charge in [-0.2, -0.15) is 4.98 Å². The molecule has 0 bridgehead atoms. The number of hydrogen-bond donors (Lipinski definition) is 1. The van der Waals surface area contributed by atoms with Gasteiger partial charge in [-0.25, -0.2) is 9.37 Å². The van der Waals surface area contributed by atoms with Gasteiger partial charge < -0.3 is 4.52 Å². The number of aryl methyl sites for hydroxylation is 1. The van der Waals surface area contributed by atoms with Gasteiger partial charge in [-0.1, -0.05) is 46.7 Å². The van der Waals surface area contributed by atoms with Gasteiger partial charge in [0.15, 0.2) is 5.82 Å². The minimum atomic E-state index is -0.304. The minimum Gasteiger partial charge on any atom is -0.338 e. The number of benzene rings is 2. The lowest BCUT2D eigenvalue weighted by atomic mass is 10.1. The van der Waals surface area contributed by atoms with E-state index in [2.05, 4.69) is 25.3 Å². The van der Waals surface area contributed by atoms with Gasteiger partial charge in [-0.3, -0.25) is 5.10 Å². The molecule has 8 heteroatoms. The van der Waals surface area contributed by atoms with Crippen LogP contribution in [0, 0.1) is 12.7 Å². The molecule has 2 aromatic heterocycles. The molecule has 0 atom stereocenters. The average molecular weight is 367 g/mol. The lowest BCUT2D eigenvalue weighted by molar-refractivity contribution is 0.391. The SMILES string of the molecule is Cc1ccc(-c2nc(SCc3nc(-c4ccc(F)cc4)no3)n[nH]2)cc1. The minimum absolute atomic E-state index is 0.304. The number of aromatic nitrogens is 5. The highest BCUT2D eigenvalue weighted by Gasteiger charge is 2.11. The lowest BCUT2D eigenvalue weighted by Gasteiger charge is -1.96. The molecule has 0 aliphatic rings. The molecule has 6 nitrogen and oxygen atoms in total. The zero-order chi connectivity index (χ0) is 17.9. The van der Waals surface area contributed by atoms with Crippen LogP contribution in [-0.2, 0) is 5.75 Å². The fraction of sp³-hybridized carbons (Fsp3) is 0.111. The van der Waals surface area contributed by atoms with Crippen molar-refractivity contribution >= 4 is 11.8 Å². The third-order valence-corrected chi connectivity index (χ3v) is 4.52. The number of nitrogens with zero attached hydrogens (tertiary/aromatic N) is 4. The highest BCUT2D eigenvalue weighted by atomic mass is 32.2. The maximum atomic E-state index is 13.0. The van der Waals surface area contributed by atoms with Crippen molar-refractivity contribution in [1.82, 2.24) is 25.3 Å². The molecule has 26 heavy (non-hydrogen) atoms. The predicted molar refractivity (Wildman–Crippen MR) is 95.8 cm³/mol. The summed E-state index contributed by atoms with van der Waals surface area (Å²) in [4.78, 5) is 8.78. The molecule has 0 aliphatic carbocycles. The molecule has 1 N–H and O–H groups in total. The monoisotopic (exact) mass is 367 g/mol. The number of aromatic amines is 1. The molecule has 0 spiro atoms. The number of H-pyrrole nitrogens is 1. The Morgan fingerprint density at radius 1 is 1.00 bits per heavy atom. The van der Waals surface area contributed by atoms with E-state index in [9.17, 15) is 4.39 Å². The van der Waals surface area contributed by atoms with E-state index in [1.165, 1.54) is 29.5 Å². The number of rotatable bonds is 5. The first-order chi connectivity index (χ1) is 12.7. The summed E-state index contributed by atoms with van der Waals surface area (Å²) < 4.78 is 18.2. The molecule has 2 heterocycles. The van der Waals surface area contributed by atoms with Gasteiger partial charge in [-0.15, -0.1) is 5.10 Å². The zero-order valence-corrected chi connectivity index (χ0v) is 14.6. The van der Waals surface area contributed by atoms with Crippen molar-refractivity contribution in [2.24, 2.45) is 0 Å². The van der Waals surface area contributed by atoms with Crippen LogP contribution in [0.15, 0.2) is 58.2 Å². The summed E-state index contributed by atoms with van der Waals surface area (Å²) in [5, 5.41) is 11.6. The Hall–Kier alpha value is -3.00.